The summed E-state index contributed by atoms with van der Waals surface area (Å²) in [4.78, 5) is 28.4. The SMILES string of the molecule is CC(=O)N[C@@]12CCN(C(=O)Cc3ccccc3)C[C@@H]1CN(C)C2. The molecular weight excluding hydrogens is 290 g/mol. The summed E-state index contributed by atoms with van der Waals surface area (Å²) in [5.41, 5.74) is 0.893. The Hall–Kier alpha value is -1.88. The lowest BCUT2D eigenvalue weighted by Gasteiger charge is -2.44. The van der Waals surface area contributed by atoms with E-state index in [0.717, 1.165) is 38.2 Å². The van der Waals surface area contributed by atoms with E-state index in [9.17, 15) is 9.59 Å². The van der Waals surface area contributed by atoms with Crippen molar-refractivity contribution in [1.29, 1.82) is 0 Å². The zero-order chi connectivity index (χ0) is 16.4. The van der Waals surface area contributed by atoms with E-state index < -0.39 is 0 Å². The summed E-state index contributed by atoms with van der Waals surface area (Å²) in [6.07, 6.45) is 1.29. The predicted octanol–water partition coefficient (Wildman–Crippen LogP) is 0.898. The fraction of sp³-hybridized carbons (Fsp3) is 0.556. The summed E-state index contributed by atoms with van der Waals surface area (Å²) in [6.45, 7) is 4.83. The molecule has 2 heterocycles. The second kappa shape index (κ2) is 6.32. The van der Waals surface area contributed by atoms with Crippen LogP contribution < -0.4 is 5.32 Å². The standard InChI is InChI=1S/C18H25N3O2/c1-14(22)19-18-8-9-21(12-16(18)11-20(2)13-18)17(23)10-15-6-4-3-5-7-15/h3-7,16H,8-13H2,1-2H3,(H,19,22)/t16-,18+/m0/s1. The van der Waals surface area contributed by atoms with Gasteiger partial charge in [-0.3, -0.25) is 9.59 Å². The number of benzene rings is 1. The van der Waals surface area contributed by atoms with Gasteiger partial charge in [0.2, 0.25) is 11.8 Å². The molecule has 5 heteroatoms. The maximum absolute atomic E-state index is 12.6. The van der Waals surface area contributed by atoms with Crippen LogP contribution in [0.15, 0.2) is 30.3 Å². The minimum atomic E-state index is -0.163. The Morgan fingerprint density at radius 1 is 1.26 bits per heavy atom. The van der Waals surface area contributed by atoms with Crippen LogP contribution in [0.2, 0.25) is 0 Å². The van der Waals surface area contributed by atoms with E-state index in [0.29, 0.717) is 12.3 Å². The highest BCUT2D eigenvalue weighted by Crippen LogP contribution is 2.34. The van der Waals surface area contributed by atoms with Crippen molar-refractivity contribution < 1.29 is 9.59 Å². The third-order valence-corrected chi connectivity index (χ3v) is 5.11. The number of fused-ring (bicyclic) bond motifs is 1. The Balaban J connectivity index is 1.67. The van der Waals surface area contributed by atoms with E-state index in [-0.39, 0.29) is 17.4 Å². The van der Waals surface area contributed by atoms with Crippen molar-refractivity contribution in [3.05, 3.63) is 35.9 Å². The van der Waals surface area contributed by atoms with Crippen LogP contribution in [0.5, 0.6) is 0 Å². The van der Waals surface area contributed by atoms with Gasteiger partial charge in [0.1, 0.15) is 0 Å². The van der Waals surface area contributed by atoms with Crippen molar-refractivity contribution in [1.82, 2.24) is 15.1 Å². The van der Waals surface area contributed by atoms with Gasteiger partial charge in [-0.25, -0.2) is 0 Å². The van der Waals surface area contributed by atoms with E-state index in [1.807, 2.05) is 35.2 Å². The molecule has 0 bridgehead atoms. The zero-order valence-corrected chi connectivity index (χ0v) is 13.9. The normalized spacial score (nSPS) is 27.6. The van der Waals surface area contributed by atoms with Crippen LogP contribution in [0.1, 0.15) is 18.9 Å². The Bertz CT molecular complexity index is 589. The van der Waals surface area contributed by atoms with Gasteiger partial charge in [-0.15, -0.1) is 0 Å². The maximum Gasteiger partial charge on any atom is 0.227 e. The highest BCUT2D eigenvalue weighted by atomic mass is 16.2. The van der Waals surface area contributed by atoms with E-state index in [2.05, 4.69) is 17.3 Å². The van der Waals surface area contributed by atoms with Crippen molar-refractivity contribution >= 4 is 11.8 Å². The first-order chi connectivity index (χ1) is 11.0. The molecule has 0 spiro atoms. The Morgan fingerprint density at radius 2 is 2.00 bits per heavy atom. The summed E-state index contributed by atoms with van der Waals surface area (Å²) < 4.78 is 0. The molecule has 0 unspecified atom stereocenters. The van der Waals surface area contributed by atoms with Gasteiger partial charge in [0.25, 0.3) is 0 Å². The number of carbonyl (C=O) groups is 2. The molecule has 2 aliphatic heterocycles. The monoisotopic (exact) mass is 315 g/mol. The van der Waals surface area contributed by atoms with Crippen molar-refractivity contribution in [3.63, 3.8) is 0 Å². The first-order valence-electron chi connectivity index (χ1n) is 8.27. The molecule has 0 radical (unpaired) electrons. The van der Waals surface area contributed by atoms with E-state index >= 15 is 0 Å². The highest BCUT2D eigenvalue weighted by molar-refractivity contribution is 5.79. The van der Waals surface area contributed by atoms with Gasteiger partial charge in [-0.05, 0) is 19.0 Å². The van der Waals surface area contributed by atoms with Crippen molar-refractivity contribution in [2.45, 2.75) is 25.3 Å². The molecule has 2 atom stereocenters. The topological polar surface area (TPSA) is 52.7 Å². The average Bonchev–Trinajstić information content (AvgIpc) is 2.81. The molecule has 1 aromatic carbocycles. The molecule has 2 saturated heterocycles. The fourth-order valence-electron chi connectivity index (χ4n) is 4.10. The Morgan fingerprint density at radius 3 is 2.70 bits per heavy atom. The number of nitrogens with zero attached hydrogens (tertiary/aromatic N) is 2. The number of likely N-dealkylation sites (tertiary alicyclic amines) is 2. The van der Waals surface area contributed by atoms with E-state index in [1.165, 1.54) is 0 Å². The van der Waals surface area contributed by atoms with Gasteiger partial charge in [0.05, 0.1) is 12.0 Å². The quantitative estimate of drug-likeness (QED) is 0.901. The summed E-state index contributed by atoms with van der Waals surface area (Å²) in [5, 5.41) is 3.18. The van der Waals surface area contributed by atoms with E-state index in [4.69, 9.17) is 0 Å². The van der Waals surface area contributed by atoms with Gasteiger partial charge in [-0.1, -0.05) is 30.3 Å². The largest absolute Gasteiger partial charge is 0.349 e. The molecular formula is C18H25N3O2. The average molecular weight is 315 g/mol. The minimum absolute atomic E-state index is 0.0226. The van der Waals surface area contributed by atoms with Crippen LogP contribution in [-0.2, 0) is 16.0 Å². The molecule has 3 rings (SSSR count). The number of hydrogen-bond donors (Lipinski definition) is 1. The molecule has 23 heavy (non-hydrogen) atoms. The molecule has 2 amide bonds. The number of amides is 2. The first kappa shape index (κ1) is 16.0. The second-order valence-corrected chi connectivity index (χ2v) is 6.98. The molecule has 5 nitrogen and oxygen atoms in total. The number of piperidine rings is 1. The molecule has 1 N–H and O–H groups in total. The van der Waals surface area contributed by atoms with Crippen LogP contribution in [-0.4, -0.2) is 60.4 Å². The molecule has 0 saturated carbocycles. The molecule has 124 valence electrons. The lowest BCUT2D eigenvalue weighted by molar-refractivity contribution is -0.133. The smallest absolute Gasteiger partial charge is 0.227 e. The molecule has 2 fully saturated rings. The number of carbonyl (C=O) groups excluding carboxylic acids is 2. The van der Waals surface area contributed by atoms with Gasteiger partial charge >= 0.3 is 0 Å². The summed E-state index contributed by atoms with van der Waals surface area (Å²) in [7, 11) is 2.08. The van der Waals surface area contributed by atoms with Crippen LogP contribution in [0.4, 0.5) is 0 Å². The predicted molar refractivity (Wildman–Crippen MR) is 88.9 cm³/mol. The summed E-state index contributed by atoms with van der Waals surface area (Å²) in [5.74, 6) is 0.515. The van der Waals surface area contributed by atoms with Crippen molar-refractivity contribution in [2.24, 2.45) is 5.92 Å². The number of likely N-dealkylation sites (N-methyl/N-ethyl adjacent to an activating group) is 1. The third kappa shape index (κ3) is 3.39. The Labute approximate surface area is 137 Å². The summed E-state index contributed by atoms with van der Waals surface area (Å²) in [6, 6.07) is 9.88. The fourth-order valence-corrected chi connectivity index (χ4v) is 4.10. The number of rotatable bonds is 3. The lowest BCUT2D eigenvalue weighted by atomic mass is 9.80. The highest BCUT2D eigenvalue weighted by Gasteiger charge is 2.49. The number of hydrogen-bond acceptors (Lipinski definition) is 3. The van der Waals surface area contributed by atoms with Crippen LogP contribution in [0, 0.1) is 5.92 Å². The Kier molecular flexibility index (Phi) is 4.39. The van der Waals surface area contributed by atoms with Gasteiger partial charge < -0.3 is 15.1 Å². The van der Waals surface area contributed by atoms with Gasteiger partial charge in [0, 0.05) is 39.0 Å². The third-order valence-electron chi connectivity index (χ3n) is 5.11. The first-order valence-corrected chi connectivity index (χ1v) is 8.27. The van der Waals surface area contributed by atoms with Crippen molar-refractivity contribution in [2.75, 3.05) is 33.2 Å². The molecule has 0 aliphatic carbocycles. The lowest BCUT2D eigenvalue weighted by Crippen LogP contribution is -2.61. The van der Waals surface area contributed by atoms with Crippen molar-refractivity contribution in [3.8, 4) is 0 Å². The van der Waals surface area contributed by atoms with Gasteiger partial charge in [-0.2, -0.15) is 0 Å². The molecule has 0 aromatic heterocycles. The van der Waals surface area contributed by atoms with Crippen LogP contribution >= 0.6 is 0 Å². The van der Waals surface area contributed by atoms with E-state index in [1.54, 1.807) is 6.92 Å². The second-order valence-electron chi connectivity index (χ2n) is 6.98. The minimum Gasteiger partial charge on any atom is -0.349 e. The van der Waals surface area contributed by atoms with Crippen LogP contribution in [0.25, 0.3) is 0 Å². The van der Waals surface area contributed by atoms with Crippen LogP contribution in [0.3, 0.4) is 0 Å². The summed E-state index contributed by atoms with van der Waals surface area (Å²) >= 11 is 0. The zero-order valence-electron chi connectivity index (χ0n) is 13.9. The molecule has 1 aromatic rings. The maximum atomic E-state index is 12.6. The van der Waals surface area contributed by atoms with Gasteiger partial charge in [0.15, 0.2) is 0 Å². The molecule has 2 aliphatic rings. The number of nitrogens with one attached hydrogen (secondary N) is 1.